The summed E-state index contributed by atoms with van der Waals surface area (Å²) < 4.78 is 16.9. The van der Waals surface area contributed by atoms with E-state index in [1.54, 1.807) is 0 Å². The van der Waals surface area contributed by atoms with E-state index in [0.717, 1.165) is 135 Å². The third-order valence-corrected chi connectivity index (χ3v) is 13.5. The van der Waals surface area contributed by atoms with Crippen molar-refractivity contribution in [2.45, 2.75) is 303 Å². The van der Waals surface area contributed by atoms with Crippen LogP contribution in [-0.2, 0) is 28.6 Å². The zero-order chi connectivity index (χ0) is 55.0. The van der Waals surface area contributed by atoms with Gasteiger partial charge in [0.05, 0.1) is 0 Å². The van der Waals surface area contributed by atoms with Crippen LogP contribution in [0, 0.1) is 0 Å². The minimum absolute atomic E-state index is 0.0920. The molecule has 0 aliphatic rings. The first-order valence-corrected chi connectivity index (χ1v) is 31.9. The largest absolute Gasteiger partial charge is 0.462 e. The van der Waals surface area contributed by atoms with Gasteiger partial charge in [-0.1, -0.05) is 265 Å². The van der Waals surface area contributed by atoms with Gasteiger partial charge in [-0.3, -0.25) is 14.4 Å². The van der Waals surface area contributed by atoms with Crippen molar-refractivity contribution >= 4 is 17.9 Å². The fraction of sp³-hybridized carbons (Fsp3) is 0.700. The molecule has 0 aliphatic heterocycles. The van der Waals surface area contributed by atoms with Gasteiger partial charge in [0, 0.05) is 19.3 Å². The zero-order valence-electron chi connectivity index (χ0n) is 49.7. The Morgan fingerprint density at radius 2 is 0.539 bits per heavy atom. The van der Waals surface area contributed by atoms with Gasteiger partial charge in [-0.25, -0.2) is 0 Å². The maximum absolute atomic E-state index is 12.9. The molecule has 1 atom stereocenters. The molecule has 0 amide bonds. The highest BCUT2D eigenvalue weighted by Gasteiger charge is 2.19. The number of allylic oxidation sites excluding steroid dienone is 18. The molecule has 1 unspecified atom stereocenters. The van der Waals surface area contributed by atoms with Crippen molar-refractivity contribution in [1.82, 2.24) is 0 Å². The Balaban J connectivity index is 4.31. The van der Waals surface area contributed by atoms with Crippen LogP contribution in [0.15, 0.2) is 109 Å². The molecule has 0 fully saturated rings. The molecule has 0 radical (unpaired) electrons. The number of hydrogen-bond donors (Lipinski definition) is 0. The molecule has 0 N–H and O–H groups in total. The van der Waals surface area contributed by atoms with Crippen molar-refractivity contribution < 1.29 is 28.6 Å². The van der Waals surface area contributed by atoms with Crippen molar-refractivity contribution in [3.63, 3.8) is 0 Å². The second kappa shape index (κ2) is 63.6. The van der Waals surface area contributed by atoms with E-state index in [9.17, 15) is 14.4 Å². The summed E-state index contributed by atoms with van der Waals surface area (Å²) in [6.07, 6.45) is 86.7. The zero-order valence-corrected chi connectivity index (χ0v) is 49.7. The summed E-state index contributed by atoms with van der Waals surface area (Å²) in [6.45, 7) is 6.44. The lowest BCUT2D eigenvalue weighted by atomic mass is 10.0. The Kier molecular flexibility index (Phi) is 60.3. The van der Waals surface area contributed by atoms with Crippen molar-refractivity contribution in [3.8, 4) is 0 Å². The Morgan fingerprint density at radius 1 is 0.276 bits per heavy atom. The number of carbonyl (C=O) groups is 3. The minimum atomic E-state index is -0.797. The Bertz CT molecular complexity index is 1540. The summed E-state index contributed by atoms with van der Waals surface area (Å²) >= 11 is 0. The third kappa shape index (κ3) is 60.9. The Morgan fingerprint density at radius 3 is 0.868 bits per heavy atom. The van der Waals surface area contributed by atoms with Gasteiger partial charge in [-0.05, 0) is 122 Å². The summed E-state index contributed by atoms with van der Waals surface area (Å²) in [7, 11) is 0. The number of esters is 3. The Labute approximate surface area is 470 Å². The predicted molar refractivity (Wildman–Crippen MR) is 330 cm³/mol. The van der Waals surface area contributed by atoms with Crippen LogP contribution in [0.2, 0.25) is 0 Å². The number of ether oxygens (including phenoxy) is 3. The molecule has 0 bridgehead atoms. The predicted octanol–water partition coefficient (Wildman–Crippen LogP) is 21.8. The lowest BCUT2D eigenvalue weighted by Gasteiger charge is -2.18. The van der Waals surface area contributed by atoms with E-state index in [2.05, 4.69) is 130 Å². The van der Waals surface area contributed by atoms with E-state index in [0.29, 0.717) is 19.3 Å². The minimum Gasteiger partial charge on any atom is -0.462 e. The standard InChI is InChI=1S/C70H118O6/c1-4-7-10-13-16-19-22-24-26-28-30-32-34-35-37-38-40-42-44-46-48-51-54-57-60-63-69(72)75-66-67(65-74-68(71)62-59-56-53-50-21-18-15-12-9-6-3)76-70(73)64-61-58-55-52-49-47-45-43-41-39-36-33-31-29-27-25-23-20-17-14-11-8-5-2/h8,11-12,15,17,20,22,24-25,27-28,30-31,33,39,41,45,47,67H,4-7,9-10,13-14,16,18-19,21,23,26,29,32,34-38,40,42-44,46,48-66H2,1-3H3/b11-8-,15-12-,20-17-,24-22-,27-25-,30-28-,33-31-,41-39-,47-45-. The van der Waals surface area contributed by atoms with Gasteiger partial charge in [0.15, 0.2) is 6.10 Å². The second-order valence-corrected chi connectivity index (χ2v) is 20.9. The quantitative estimate of drug-likeness (QED) is 0.0261. The van der Waals surface area contributed by atoms with E-state index >= 15 is 0 Å². The van der Waals surface area contributed by atoms with Gasteiger partial charge in [0.1, 0.15) is 13.2 Å². The molecule has 76 heavy (non-hydrogen) atoms. The van der Waals surface area contributed by atoms with Gasteiger partial charge in [0.2, 0.25) is 0 Å². The highest BCUT2D eigenvalue weighted by Crippen LogP contribution is 2.16. The molecule has 0 heterocycles. The van der Waals surface area contributed by atoms with Gasteiger partial charge in [-0.15, -0.1) is 0 Å². The molecule has 0 aliphatic carbocycles. The van der Waals surface area contributed by atoms with E-state index in [4.69, 9.17) is 14.2 Å². The molecule has 0 saturated carbocycles. The van der Waals surface area contributed by atoms with E-state index in [1.807, 2.05) is 0 Å². The molecular formula is C70H118O6. The molecule has 0 rings (SSSR count). The van der Waals surface area contributed by atoms with Gasteiger partial charge >= 0.3 is 17.9 Å². The van der Waals surface area contributed by atoms with Crippen molar-refractivity contribution in [3.05, 3.63) is 109 Å². The van der Waals surface area contributed by atoms with Crippen LogP contribution in [0.3, 0.4) is 0 Å². The molecule has 6 nitrogen and oxygen atoms in total. The van der Waals surface area contributed by atoms with Crippen LogP contribution in [0.4, 0.5) is 0 Å². The highest BCUT2D eigenvalue weighted by molar-refractivity contribution is 5.71. The molecule has 6 heteroatoms. The van der Waals surface area contributed by atoms with Crippen molar-refractivity contribution in [1.29, 1.82) is 0 Å². The summed E-state index contributed by atoms with van der Waals surface area (Å²) in [4.78, 5) is 38.2. The van der Waals surface area contributed by atoms with Crippen molar-refractivity contribution in [2.24, 2.45) is 0 Å². The summed E-state index contributed by atoms with van der Waals surface area (Å²) in [6, 6.07) is 0. The van der Waals surface area contributed by atoms with E-state index < -0.39 is 6.10 Å². The molecule has 0 saturated heterocycles. The Hall–Kier alpha value is -3.93. The van der Waals surface area contributed by atoms with Gasteiger partial charge in [-0.2, -0.15) is 0 Å². The SMILES string of the molecule is CC/C=C\C/C=C\C/C=C\C/C=C\C/C=C\C/C=C\CCCCCCC(=O)OC(COC(=O)CCCCCCC/C=C\CCC)COC(=O)CCCCCCCCCCCCCCC/C=C\C/C=C\CCCCCCC. The first-order chi connectivity index (χ1) is 37.5. The van der Waals surface area contributed by atoms with Crippen LogP contribution >= 0.6 is 0 Å². The average Bonchev–Trinajstić information content (AvgIpc) is 3.42. The first kappa shape index (κ1) is 72.1. The van der Waals surface area contributed by atoms with Crippen LogP contribution in [0.1, 0.15) is 297 Å². The summed E-state index contributed by atoms with van der Waals surface area (Å²) in [5, 5.41) is 0. The maximum atomic E-state index is 12.9. The smallest absolute Gasteiger partial charge is 0.306 e. The summed E-state index contributed by atoms with van der Waals surface area (Å²) in [5.41, 5.74) is 0. The van der Waals surface area contributed by atoms with Crippen molar-refractivity contribution in [2.75, 3.05) is 13.2 Å². The monoisotopic (exact) mass is 1050 g/mol. The normalized spacial score (nSPS) is 12.8. The van der Waals surface area contributed by atoms with Crippen LogP contribution in [0.25, 0.3) is 0 Å². The molecule has 0 aromatic heterocycles. The third-order valence-electron chi connectivity index (χ3n) is 13.5. The van der Waals surface area contributed by atoms with Gasteiger partial charge in [0.25, 0.3) is 0 Å². The molecule has 0 aromatic rings. The lowest BCUT2D eigenvalue weighted by Crippen LogP contribution is -2.30. The van der Waals surface area contributed by atoms with Crippen LogP contribution in [0.5, 0.6) is 0 Å². The van der Waals surface area contributed by atoms with Gasteiger partial charge < -0.3 is 14.2 Å². The number of carbonyl (C=O) groups excluding carboxylic acids is 3. The van der Waals surface area contributed by atoms with Crippen LogP contribution < -0.4 is 0 Å². The summed E-state index contributed by atoms with van der Waals surface area (Å²) in [5.74, 6) is -0.924. The molecular weight excluding hydrogens is 937 g/mol. The molecule has 0 spiro atoms. The fourth-order valence-electron chi connectivity index (χ4n) is 8.71. The number of hydrogen-bond acceptors (Lipinski definition) is 6. The molecule has 0 aromatic carbocycles. The highest BCUT2D eigenvalue weighted by atomic mass is 16.6. The fourth-order valence-corrected chi connectivity index (χ4v) is 8.71. The first-order valence-electron chi connectivity index (χ1n) is 31.9. The topological polar surface area (TPSA) is 78.9 Å². The number of rotatable bonds is 57. The number of unbranched alkanes of at least 4 members (excludes halogenated alkanes) is 28. The van der Waals surface area contributed by atoms with E-state index in [-0.39, 0.29) is 31.1 Å². The second-order valence-electron chi connectivity index (χ2n) is 20.9. The maximum Gasteiger partial charge on any atom is 0.306 e. The molecule has 434 valence electrons. The van der Waals surface area contributed by atoms with E-state index in [1.165, 1.54) is 122 Å². The lowest BCUT2D eigenvalue weighted by molar-refractivity contribution is -0.167. The average molecular weight is 1060 g/mol. The van der Waals surface area contributed by atoms with Crippen LogP contribution in [-0.4, -0.2) is 37.2 Å².